The molecule has 1 fully saturated rings. The average Bonchev–Trinajstić information content (AvgIpc) is 2.82. The Kier molecular flexibility index (Phi) is 2.19. The van der Waals surface area contributed by atoms with Crippen LogP contribution in [-0.2, 0) is 0 Å². The van der Waals surface area contributed by atoms with Gasteiger partial charge in [-0.3, -0.25) is 0 Å². The van der Waals surface area contributed by atoms with Crippen LogP contribution in [0, 0.1) is 0 Å². The van der Waals surface area contributed by atoms with E-state index in [4.69, 9.17) is 0 Å². The molecule has 0 radical (unpaired) electrons. The van der Waals surface area contributed by atoms with Crippen LogP contribution in [0.4, 0.5) is 5.69 Å². The molecule has 1 aromatic carbocycles. The first kappa shape index (κ1) is 9.26. The van der Waals surface area contributed by atoms with Gasteiger partial charge in [-0.25, -0.2) is 0 Å². The molecule has 0 saturated heterocycles. The lowest BCUT2D eigenvalue weighted by atomic mass is 9.98. The van der Waals surface area contributed by atoms with Crippen LogP contribution in [0.5, 0.6) is 0 Å². The van der Waals surface area contributed by atoms with Crippen LogP contribution in [0.1, 0.15) is 44.1 Å². The lowest BCUT2D eigenvalue weighted by Crippen LogP contribution is -2.31. The zero-order chi connectivity index (χ0) is 10.3. The monoisotopic (exact) mass is 201 g/mol. The van der Waals surface area contributed by atoms with Crippen molar-refractivity contribution in [3.8, 4) is 0 Å². The fourth-order valence-electron chi connectivity index (χ4n) is 3.44. The van der Waals surface area contributed by atoms with Crippen molar-refractivity contribution in [3.05, 3.63) is 29.8 Å². The van der Waals surface area contributed by atoms with Gasteiger partial charge in [-0.05, 0) is 30.9 Å². The maximum absolute atomic E-state index is 2.66. The second-order valence-corrected chi connectivity index (χ2v) is 4.86. The van der Waals surface area contributed by atoms with Crippen molar-refractivity contribution < 1.29 is 0 Å². The van der Waals surface area contributed by atoms with Crippen molar-refractivity contribution in [3.63, 3.8) is 0 Å². The Morgan fingerprint density at radius 3 is 3.00 bits per heavy atom. The fourth-order valence-corrected chi connectivity index (χ4v) is 3.44. The van der Waals surface area contributed by atoms with Crippen molar-refractivity contribution in [1.29, 1.82) is 0 Å². The highest BCUT2D eigenvalue weighted by atomic mass is 15.2. The Hall–Kier alpha value is -0.980. The van der Waals surface area contributed by atoms with E-state index in [9.17, 15) is 0 Å². The third-order valence-corrected chi connectivity index (χ3v) is 3.99. The van der Waals surface area contributed by atoms with Gasteiger partial charge in [0.25, 0.3) is 0 Å². The molecule has 0 amide bonds. The van der Waals surface area contributed by atoms with Crippen LogP contribution in [-0.4, -0.2) is 12.6 Å². The number of hydrogen-bond donors (Lipinski definition) is 0. The van der Waals surface area contributed by atoms with E-state index in [1.54, 1.807) is 5.56 Å². The summed E-state index contributed by atoms with van der Waals surface area (Å²) in [6, 6.07) is 9.85. The van der Waals surface area contributed by atoms with E-state index in [0.29, 0.717) is 0 Å². The van der Waals surface area contributed by atoms with Crippen LogP contribution < -0.4 is 4.90 Å². The molecule has 2 atom stereocenters. The largest absolute Gasteiger partial charge is 0.368 e. The van der Waals surface area contributed by atoms with E-state index >= 15 is 0 Å². The predicted octanol–water partition coefficient (Wildman–Crippen LogP) is 3.55. The van der Waals surface area contributed by atoms with Crippen LogP contribution in [0.25, 0.3) is 0 Å². The quantitative estimate of drug-likeness (QED) is 0.707. The molecule has 1 nitrogen and oxygen atoms in total. The third kappa shape index (κ3) is 1.29. The summed E-state index contributed by atoms with van der Waals surface area (Å²) in [6.45, 7) is 3.52. The number of benzene rings is 1. The molecular weight excluding hydrogens is 182 g/mol. The molecule has 1 heterocycles. The number of hydrogen-bond acceptors (Lipinski definition) is 1. The molecule has 1 heteroatoms. The fraction of sp³-hybridized carbons (Fsp3) is 0.571. The minimum absolute atomic E-state index is 0.822. The van der Waals surface area contributed by atoms with E-state index in [1.807, 2.05) is 0 Å². The first-order valence-corrected chi connectivity index (χ1v) is 6.27. The van der Waals surface area contributed by atoms with Crippen molar-refractivity contribution in [1.82, 2.24) is 0 Å². The van der Waals surface area contributed by atoms with E-state index in [-0.39, 0.29) is 0 Å². The summed E-state index contributed by atoms with van der Waals surface area (Å²) in [5.74, 6) is 0.841. The van der Waals surface area contributed by atoms with Crippen molar-refractivity contribution in [2.45, 2.75) is 44.6 Å². The van der Waals surface area contributed by atoms with Gasteiger partial charge >= 0.3 is 0 Å². The predicted molar refractivity (Wildman–Crippen MR) is 64.5 cm³/mol. The van der Waals surface area contributed by atoms with Gasteiger partial charge in [0.05, 0.1) is 0 Å². The molecule has 0 N–H and O–H groups in total. The van der Waals surface area contributed by atoms with Crippen molar-refractivity contribution in [2.75, 3.05) is 11.4 Å². The highest BCUT2D eigenvalue weighted by molar-refractivity contribution is 5.62. The van der Waals surface area contributed by atoms with Gasteiger partial charge in [0, 0.05) is 24.2 Å². The lowest BCUT2D eigenvalue weighted by molar-refractivity contribution is 0.586. The Bertz CT molecular complexity index is 358. The summed E-state index contributed by atoms with van der Waals surface area (Å²) in [6.07, 6.45) is 5.49. The summed E-state index contributed by atoms with van der Waals surface area (Å²) in [4.78, 5) is 2.66. The minimum atomic E-state index is 0.822. The minimum Gasteiger partial charge on any atom is -0.368 e. The standard InChI is InChI=1S/C14H19N/c1-2-10-15-13-8-4-3-6-11(13)12-7-5-9-14(12)15/h3-4,6,8,12,14H,2,5,7,9-10H2,1H3. The summed E-state index contributed by atoms with van der Waals surface area (Å²) >= 11 is 0. The molecule has 2 aliphatic rings. The molecule has 15 heavy (non-hydrogen) atoms. The Balaban J connectivity index is 2.02. The molecule has 3 rings (SSSR count). The van der Waals surface area contributed by atoms with Gasteiger partial charge in [0.1, 0.15) is 0 Å². The second kappa shape index (κ2) is 3.55. The molecule has 0 spiro atoms. The van der Waals surface area contributed by atoms with Gasteiger partial charge in [0.2, 0.25) is 0 Å². The number of fused-ring (bicyclic) bond motifs is 3. The summed E-state index contributed by atoms with van der Waals surface area (Å²) in [5, 5.41) is 0. The summed E-state index contributed by atoms with van der Waals surface area (Å²) < 4.78 is 0. The maximum Gasteiger partial charge on any atom is 0.0405 e. The topological polar surface area (TPSA) is 3.24 Å². The SMILES string of the molecule is CCCN1c2ccccc2C2CCCC21. The molecule has 1 aromatic rings. The summed E-state index contributed by atoms with van der Waals surface area (Å²) in [7, 11) is 0. The molecule has 2 unspecified atom stereocenters. The first-order valence-electron chi connectivity index (χ1n) is 6.27. The van der Waals surface area contributed by atoms with Crippen molar-refractivity contribution >= 4 is 5.69 Å². The zero-order valence-corrected chi connectivity index (χ0v) is 9.45. The van der Waals surface area contributed by atoms with E-state index < -0.39 is 0 Å². The van der Waals surface area contributed by atoms with Gasteiger partial charge in [-0.1, -0.05) is 31.5 Å². The summed E-state index contributed by atoms with van der Waals surface area (Å²) in [5.41, 5.74) is 3.14. The Morgan fingerprint density at radius 1 is 1.27 bits per heavy atom. The zero-order valence-electron chi connectivity index (χ0n) is 9.45. The molecule has 1 aliphatic heterocycles. The second-order valence-electron chi connectivity index (χ2n) is 4.86. The molecular formula is C14H19N. The van der Waals surface area contributed by atoms with Crippen LogP contribution in [0.2, 0.25) is 0 Å². The van der Waals surface area contributed by atoms with Gasteiger partial charge < -0.3 is 4.90 Å². The van der Waals surface area contributed by atoms with Gasteiger partial charge in [-0.15, -0.1) is 0 Å². The molecule has 80 valence electrons. The Morgan fingerprint density at radius 2 is 2.13 bits per heavy atom. The molecule has 0 aromatic heterocycles. The van der Waals surface area contributed by atoms with E-state index in [0.717, 1.165) is 12.0 Å². The van der Waals surface area contributed by atoms with Crippen molar-refractivity contribution in [2.24, 2.45) is 0 Å². The first-order chi connectivity index (χ1) is 7.42. The van der Waals surface area contributed by atoms with Gasteiger partial charge in [-0.2, -0.15) is 0 Å². The van der Waals surface area contributed by atoms with E-state index in [1.165, 1.54) is 37.9 Å². The molecule has 0 bridgehead atoms. The average molecular weight is 201 g/mol. The normalized spacial score (nSPS) is 27.9. The van der Waals surface area contributed by atoms with Crippen LogP contribution in [0.15, 0.2) is 24.3 Å². The van der Waals surface area contributed by atoms with E-state index in [2.05, 4.69) is 36.1 Å². The molecule has 1 saturated carbocycles. The smallest absolute Gasteiger partial charge is 0.0405 e. The maximum atomic E-state index is 2.66. The van der Waals surface area contributed by atoms with Crippen LogP contribution >= 0.6 is 0 Å². The third-order valence-electron chi connectivity index (χ3n) is 3.99. The highest BCUT2D eigenvalue weighted by Crippen LogP contribution is 2.48. The Labute approximate surface area is 92.1 Å². The number of nitrogens with zero attached hydrogens (tertiary/aromatic N) is 1. The van der Waals surface area contributed by atoms with Crippen LogP contribution in [0.3, 0.4) is 0 Å². The number of rotatable bonds is 2. The lowest BCUT2D eigenvalue weighted by Gasteiger charge is -2.26. The highest BCUT2D eigenvalue weighted by Gasteiger charge is 2.40. The van der Waals surface area contributed by atoms with Gasteiger partial charge in [0.15, 0.2) is 0 Å². The molecule has 1 aliphatic carbocycles. The number of para-hydroxylation sites is 1. The number of anilines is 1.